The van der Waals surface area contributed by atoms with E-state index in [0.29, 0.717) is 25.7 Å². The van der Waals surface area contributed by atoms with E-state index in [1.165, 1.54) is 0 Å². The van der Waals surface area contributed by atoms with Gasteiger partial charge in [0.2, 0.25) is 0 Å². The standard InChI is InChI=1S/C8H13F3O2/c9-8(10,11)13-7-3-1-6(5-12)2-4-7/h6-7,12H,1-5H2. The van der Waals surface area contributed by atoms with E-state index < -0.39 is 12.5 Å². The van der Waals surface area contributed by atoms with Gasteiger partial charge in [0.15, 0.2) is 0 Å². The first-order valence-corrected chi connectivity index (χ1v) is 4.36. The van der Waals surface area contributed by atoms with Gasteiger partial charge in [-0.1, -0.05) is 0 Å². The molecule has 0 saturated heterocycles. The summed E-state index contributed by atoms with van der Waals surface area (Å²) in [5, 5.41) is 8.75. The molecule has 13 heavy (non-hydrogen) atoms. The van der Waals surface area contributed by atoms with E-state index in [9.17, 15) is 13.2 Å². The summed E-state index contributed by atoms with van der Waals surface area (Å²) < 4.78 is 39.1. The molecule has 0 unspecified atom stereocenters. The fourth-order valence-corrected chi connectivity index (χ4v) is 1.62. The molecule has 0 aromatic rings. The highest BCUT2D eigenvalue weighted by Crippen LogP contribution is 2.30. The Bertz CT molecular complexity index is 150. The van der Waals surface area contributed by atoms with Gasteiger partial charge in [0.05, 0.1) is 6.10 Å². The van der Waals surface area contributed by atoms with Gasteiger partial charge in [-0.25, -0.2) is 0 Å². The van der Waals surface area contributed by atoms with Crippen molar-refractivity contribution in [1.82, 2.24) is 0 Å². The SMILES string of the molecule is OCC1CCC(OC(F)(F)F)CC1. The molecule has 0 aromatic carbocycles. The lowest BCUT2D eigenvalue weighted by Crippen LogP contribution is -2.29. The summed E-state index contributed by atoms with van der Waals surface area (Å²) in [5.41, 5.74) is 0. The summed E-state index contributed by atoms with van der Waals surface area (Å²) in [6, 6.07) is 0. The van der Waals surface area contributed by atoms with Crippen LogP contribution in [0.2, 0.25) is 0 Å². The van der Waals surface area contributed by atoms with Crippen LogP contribution in [0.3, 0.4) is 0 Å². The van der Waals surface area contributed by atoms with Gasteiger partial charge >= 0.3 is 6.36 Å². The van der Waals surface area contributed by atoms with Crippen LogP contribution in [0, 0.1) is 5.92 Å². The third-order valence-corrected chi connectivity index (χ3v) is 2.35. The monoisotopic (exact) mass is 198 g/mol. The van der Waals surface area contributed by atoms with Gasteiger partial charge < -0.3 is 5.11 Å². The molecule has 1 N–H and O–H groups in total. The number of halogens is 3. The zero-order valence-corrected chi connectivity index (χ0v) is 7.18. The maximum absolute atomic E-state index is 11.7. The van der Waals surface area contributed by atoms with E-state index in [2.05, 4.69) is 4.74 Å². The summed E-state index contributed by atoms with van der Waals surface area (Å²) in [6.45, 7) is 0.0682. The van der Waals surface area contributed by atoms with Crippen LogP contribution in [-0.4, -0.2) is 24.2 Å². The average Bonchev–Trinajstić information content (AvgIpc) is 2.03. The average molecular weight is 198 g/mol. The van der Waals surface area contributed by atoms with Crippen LogP contribution in [0.5, 0.6) is 0 Å². The molecule has 78 valence electrons. The predicted molar refractivity (Wildman–Crippen MR) is 40.0 cm³/mol. The summed E-state index contributed by atoms with van der Waals surface area (Å²) in [4.78, 5) is 0. The summed E-state index contributed by atoms with van der Waals surface area (Å²) >= 11 is 0. The van der Waals surface area contributed by atoms with Crippen LogP contribution in [0.4, 0.5) is 13.2 Å². The minimum absolute atomic E-state index is 0.0682. The minimum Gasteiger partial charge on any atom is -0.396 e. The van der Waals surface area contributed by atoms with Crippen molar-refractivity contribution in [2.24, 2.45) is 5.92 Å². The number of aliphatic hydroxyl groups is 1. The third kappa shape index (κ3) is 3.95. The first-order valence-electron chi connectivity index (χ1n) is 4.36. The summed E-state index contributed by atoms with van der Waals surface area (Å²) in [7, 11) is 0. The Morgan fingerprint density at radius 2 is 1.69 bits per heavy atom. The van der Waals surface area contributed by atoms with Crippen LogP contribution in [0.15, 0.2) is 0 Å². The number of alkyl halides is 3. The maximum atomic E-state index is 11.7. The second-order valence-electron chi connectivity index (χ2n) is 3.39. The van der Waals surface area contributed by atoms with E-state index in [0.717, 1.165) is 0 Å². The van der Waals surface area contributed by atoms with Crippen LogP contribution < -0.4 is 0 Å². The van der Waals surface area contributed by atoms with Crippen molar-refractivity contribution in [2.75, 3.05) is 6.61 Å². The normalized spacial score (nSPS) is 30.5. The largest absolute Gasteiger partial charge is 0.522 e. The fourth-order valence-electron chi connectivity index (χ4n) is 1.62. The molecular formula is C8H13F3O2. The molecule has 1 aliphatic carbocycles. The molecule has 2 nitrogen and oxygen atoms in total. The fraction of sp³-hybridized carbons (Fsp3) is 1.00. The van der Waals surface area contributed by atoms with Crippen molar-refractivity contribution in [3.63, 3.8) is 0 Å². The lowest BCUT2D eigenvalue weighted by atomic mass is 9.88. The van der Waals surface area contributed by atoms with Gasteiger partial charge in [0.25, 0.3) is 0 Å². The van der Waals surface area contributed by atoms with Crippen molar-refractivity contribution >= 4 is 0 Å². The van der Waals surface area contributed by atoms with Crippen molar-refractivity contribution in [3.05, 3.63) is 0 Å². The Kier molecular flexibility index (Phi) is 3.55. The Morgan fingerprint density at radius 3 is 2.08 bits per heavy atom. The first-order chi connectivity index (χ1) is 6.01. The Labute approximate surface area is 74.7 Å². The van der Waals surface area contributed by atoms with Crippen LogP contribution in [0.25, 0.3) is 0 Å². The molecule has 0 heterocycles. The van der Waals surface area contributed by atoms with Gasteiger partial charge in [0, 0.05) is 6.61 Å². The molecular weight excluding hydrogens is 185 g/mol. The third-order valence-electron chi connectivity index (χ3n) is 2.35. The molecule has 0 atom stereocenters. The second-order valence-corrected chi connectivity index (χ2v) is 3.39. The predicted octanol–water partition coefficient (Wildman–Crippen LogP) is 2.07. The maximum Gasteiger partial charge on any atom is 0.522 e. The zero-order chi connectivity index (χ0) is 9.90. The summed E-state index contributed by atoms with van der Waals surface area (Å²) in [6.07, 6.45) is -3.19. The molecule has 5 heteroatoms. The Morgan fingerprint density at radius 1 is 1.15 bits per heavy atom. The van der Waals surface area contributed by atoms with Crippen molar-refractivity contribution in [1.29, 1.82) is 0 Å². The van der Waals surface area contributed by atoms with Gasteiger partial charge in [-0.15, -0.1) is 13.2 Å². The lowest BCUT2D eigenvalue weighted by molar-refractivity contribution is -0.345. The van der Waals surface area contributed by atoms with Crippen molar-refractivity contribution in [2.45, 2.75) is 38.1 Å². The van der Waals surface area contributed by atoms with E-state index in [-0.39, 0.29) is 12.5 Å². The number of aliphatic hydroxyl groups excluding tert-OH is 1. The van der Waals surface area contributed by atoms with Gasteiger partial charge in [-0.3, -0.25) is 4.74 Å². The molecule has 0 aliphatic heterocycles. The Hall–Kier alpha value is -0.290. The zero-order valence-electron chi connectivity index (χ0n) is 7.18. The second kappa shape index (κ2) is 4.28. The highest BCUT2D eigenvalue weighted by atomic mass is 19.4. The quantitative estimate of drug-likeness (QED) is 0.736. The molecule has 1 rings (SSSR count). The van der Waals surface area contributed by atoms with Gasteiger partial charge in [-0.05, 0) is 31.6 Å². The molecule has 1 fully saturated rings. The molecule has 0 amide bonds. The van der Waals surface area contributed by atoms with Crippen LogP contribution in [-0.2, 0) is 4.74 Å². The van der Waals surface area contributed by atoms with E-state index in [1.54, 1.807) is 0 Å². The van der Waals surface area contributed by atoms with E-state index >= 15 is 0 Å². The minimum atomic E-state index is -4.52. The molecule has 1 aliphatic rings. The van der Waals surface area contributed by atoms with Gasteiger partial charge in [-0.2, -0.15) is 0 Å². The smallest absolute Gasteiger partial charge is 0.396 e. The number of hydrogen-bond acceptors (Lipinski definition) is 2. The van der Waals surface area contributed by atoms with E-state index in [4.69, 9.17) is 5.11 Å². The van der Waals surface area contributed by atoms with Crippen molar-refractivity contribution < 1.29 is 23.0 Å². The van der Waals surface area contributed by atoms with Gasteiger partial charge in [0.1, 0.15) is 0 Å². The lowest BCUT2D eigenvalue weighted by Gasteiger charge is -2.27. The molecule has 1 saturated carbocycles. The number of ether oxygens (including phenoxy) is 1. The highest BCUT2D eigenvalue weighted by molar-refractivity contribution is 4.72. The van der Waals surface area contributed by atoms with Crippen molar-refractivity contribution in [3.8, 4) is 0 Å². The topological polar surface area (TPSA) is 29.5 Å². The first kappa shape index (κ1) is 10.8. The molecule has 0 aromatic heterocycles. The molecule has 0 spiro atoms. The van der Waals surface area contributed by atoms with Crippen LogP contribution in [0.1, 0.15) is 25.7 Å². The van der Waals surface area contributed by atoms with Crippen LogP contribution >= 0.6 is 0 Å². The number of rotatable bonds is 2. The summed E-state index contributed by atoms with van der Waals surface area (Å²) in [5.74, 6) is 0.160. The highest BCUT2D eigenvalue weighted by Gasteiger charge is 2.35. The number of hydrogen-bond donors (Lipinski definition) is 1. The molecule has 0 radical (unpaired) electrons. The molecule has 0 bridgehead atoms. The van der Waals surface area contributed by atoms with E-state index in [1.807, 2.05) is 0 Å². The Balaban J connectivity index is 2.25.